The Hall–Kier alpha value is -0.660. The van der Waals surface area contributed by atoms with Gasteiger partial charge in [0.05, 0.1) is 19.0 Å². The lowest BCUT2D eigenvalue weighted by Crippen LogP contribution is -2.52. The highest BCUT2D eigenvalue weighted by Crippen LogP contribution is 2.32. The molecule has 0 aromatic heterocycles. The lowest BCUT2D eigenvalue weighted by atomic mass is 10.0. The lowest BCUT2D eigenvalue weighted by Gasteiger charge is -2.39. The van der Waals surface area contributed by atoms with E-state index in [1.165, 1.54) is 0 Å². The van der Waals surface area contributed by atoms with Crippen molar-refractivity contribution in [3.63, 3.8) is 0 Å². The van der Waals surface area contributed by atoms with Crippen LogP contribution < -0.4 is 0 Å². The minimum Gasteiger partial charge on any atom is -0.347 e. The molecular formula is C13H21NO5S. The van der Waals surface area contributed by atoms with E-state index >= 15 is 0 Å². The summed E-state index contributed by atoms with van der Waals surface area (Å²) < 4.78 is 35.3. The molecule has 1 unspecified atom stereocenters. The molecule has 0 aromatic rings. The first-order valence-electron chi connectivity index (χ1n) is 7.31. The number of amides is 1. The second-order valence-electron chi connectivity index (χ2n) is 5.78. The third-order valence-corrected chi connectivity index (χ3v) is 6.67. The largest absolute Gasteiger partial charge is 0.347 e. The van der Waals surface area contributed by atoms with Gasteiger partial charge in [-0.3, -0.25) is 4.79 Å². The lowest BCUT2D eigenvalue weighted by molar-refractivity contribution is -0.187. The van der Waals surface area contributed by atoms with Gasteiger partial charge >= 0.3 is 0 Å². The molecule has 3 fully saturated rings. The highest BCUT2D eigenvalue weighted by atomic mass is 32.2. The van der Waals surface area contributed by atoms with Crippen LogP contribution in [0.2, 0.25) is 0 Å². The smallest absolute Gasteiger partial charge is 0.240 e. The van der Waals surface area contributed by atoms with Gasteiger partial charge in [0.2, 0.25) is 5.91 Å². The van der Waals surface area contributed by atoms with E-state index in [1.807, 2.05) is 0 Å². The van der Waals surface area contributed by atoms with Gasteiger partial charge in [0.25, 0.3) is 0 Å². The molecule has 0 saturated carbocycles. The Morgan fingerprint density at radius 2 is 1.75 bits per heavy atom. The van der Waals surface area contributed by atoms with Crippen molar-refractivity contribution in [1.29, 1.82) is 0 Å². The van der Waals surface area contributed by atoms with Crippen molar-refractivity contribution in [2.75, 3.05) is 32.1 Å². The molecule has 3 heterocycles. The van der Waals surface area contributed by atoms with Crippen molar-refractivity contribution in [2.24, 2.45) is 0 Å². The van der Waals surface area contributed by atoms with Gasteiger partial charge in [-0.05, 0) is 12.8 Å². The minimum atomic E-state index is -3.25. The van der Waals surface area contributed by atoms with Gasteiger partial charge < -0.3 is 14.4 Å². The number of likely N-dealkylation sites (tertiary alicyclic amines) is 1. The Kier molecular flexibility index (Phi) is 3.77. The van der Waals surface area contributed by atoms with Crippen LogP contribution >= 0.6 is 0 Å². The van der Waals surface area contributed by atoms with Crippen LogP contribution in [0, 0.1) is 0 Å². The minimum absolute atomic E-state index is 0.146. The van der Waals surface area contributed by atoms with E-state index in [4.69, 9.17) is 9.47 Å². The Morgan fingerprint density at radius 3 is 2.35 bits per heavy atom. The number of ether oxygens (including phenoxy) is 2. The topological polar surface area (TPSA) is 72.9 Å². The Morgan fingerprint density at radius 1 is 1.10 bits per heavy atom. The fourth-order valence-corrected chi connectivity index (χ4v) is 5.16. The Balaban J connectivity index is 1.64. The summed E-state index contributed by atoms with van der Waals surface area (Å²) in [5.74, 6) is -0.604. The zero-order valence-corrected chi connectivity index (χ0v) is 12.4. The molecule has 0 radical (unpaired) electrons. The van der Waals surface area contributed by atoms with Gasteiger partial charge in [-0.1, -0.05) is 6.42 Å². The van der Waals surface area contributed by atoms with E-state index in [-0.39, 0.29) is 11.7 Å². The summed E-state index contributed by atoms with van der Waals surface area (Å²) in [6, 6.07) is 0. The van der Waals surface area contributed by atoms with E-state index in [9.17, 15) is 13.2 Å². The molecule has 1 spiro atoms. The normalized spacial score (nSPS) is 32.4. The first-order chi connectivity index (χ1) is 9.53. The van der Waals surface area contributed by atoms with Crippen molar-refractivity contribution < 1.29 is 22.7 Å². The van der Waals surface area contributed by atoms with Crippen molar-refractivity contribution in [3.05, 3.63) is 0 Å². The molecule has 1 atom stereocenters. The summed E-state index contributed by atoms with van der Waals surface area (Å²) in [5, 5.41) is -0.823. The van der Waals surface area contributed by atoms with Gasteiger partial charge in [-0.15, -0.1) is 0 Å². The van der Waals surface area contributed by atoms with Crippen LogP contribution in [0.1, 0.15) is 32.1 Å². The van der Waals surface area contributed by atoms with Crippen LogP contribution in [0.3, 0.4) is 0 Å². The molecule has 6 nitrogen and oxygen atoms in total. The van der Waals surface area contributed by atoms with Crippen LogP contribution in [-0.2, 0) is 24.1 Å². The summed E-state index contributed by atoms with van der Waals surface area (Å²) >= 11 is 0. The number of piperidine rings is 1. The van der Waals surface area contributed by atoms with Crippen molar-refractivity contribution in [3.8, 4) is 0 Å². The molecule has 0 bridgehead atoms. The van der Waals surface area contributed by atoms with Gasteiger partial charge in [-0.25, -0.2) is 8.42 Å². The zero-order valence-electron chi connectivity index (χ0n) is 11.5. The molecule has 3 saturated heterocycles. The molecule has 7 heteroatoms. The number of hydrogen-bond acceptors (Lipinski definition) is 5. The summed E-state index contributed by atoms with van der Waals surface area (Å²) in [6.45, 7) is 2.24. The molecule has 0 aliphatic carbocycles. The van der Waals surface area contributed by atoms with Crippen molar-refractivity contribution in [1.82, 2.24) is 4.90 Å². The summed E-state index contributed by atoms with van der Waals surface area (Å²) in [6.07, 6.45) is 3.23. The zero-order chi connectivity index (χ0) is 14.2. The number of carbonyl (C=O) groups excluding carboxylic acids is 1. The molecule has 20 heavy (non-hydrogen) atoms. The van der Waals surface area contributed by atoms with Crippen molar-refractivity contribution >= 4 is 15.7 Å². The fourth-order valence-electron chi connectivity index (χ4n) is 3.29. The molecule has 1 amide bonds. The van der Waals surface area contributed by atoms with E-state index < -0.39 is 20.9 Å². The second kappa shape index (κ2) is 5.27. The predicted octanol–water partition coefficient (Wildman–Crippen LogP) is 0.319. The average molecular weight is 303 g/mol. The number of rotatable bonds is 1. The maximum absolute atomic E-state index is 12.4. The molecular weight excluding hydrogens is 282 g/mol. The standard InChI is InChI=1S/C13H21NO5S/c15-12(11-3-1-2-10-20(11,16)17)14-6-4-13(5-7-14)18-8-9-19-13/h11H,1-10H2. The van der Waals surface area contributed by atoms with E-state index in [2.05, 4.69) is 0 Å². The Bertz CT molecular complexity index is 473. The van der Waals surface area contributed by atoms with Gasteiger partial charge in [-0.2, -0.15) is 0 Å². The SMILES string of the molecule is O=C(C1CCCCS1(=O)=O)N1CCC2(CC1)OCCO2. The van der Waals surface area contributed by atoms with Crippen LogP contribution in [0.25, 0.3) is 0 Å². The van der Waals surface area contributed by atoms with E-state index in [0.717, 1.165) is 6.42 Å². The summed E-state index contributed by atoms with van der Waals surface area (Å²) in [7, 11) is -3.25. The second-order valence-corrected chi connectivity index (χ2v) is 8.09. The number of carbonyl (C=O) groups is 1. The summed E-state index contributed by atoms with van der Waals surface area (Å²) in [4.78, 5) is 14.1. The van der Waals surface area contributed by atoms with E-state index in [1.54, 1.807) is 4.90 Å². The first-order valence-corrected chi connectivity index (χ1v) is 9.02. The van der Waals surface area contributed by atoms with Crippen LogP contribution in [0.15, 0.2) is 0 Å². The fraction of sp³-hybridized carbons (Fsp3) is 0.923. The van der Waals surface area contributed by atoms with Gasteiger partial charge in [0.1, 0.15) is 5.25 Å². The quantitative estimate of drug-likeness (QED) is 0.697. The number of hydrogen-bond donors (Lipinski definition) is 0. The van der Waals surface area contributed by atoms with E-state index in [0.29, 0.717) is 52.0 Å². The molecule has 3 rings (SSSR count). The molecule has 0 N–H and O–H groups in total. The third-order valence-electron chi connectivity index (χ3n) is 4.50. The van der Waals surface area contributed by atoms with Gasteiger partial charge in [0, 0.05) is 25.9 Å². The van der Waals surface area contributed by atoms with Gasteiger partial charge in [0.15, 0.2) is 15.6 Å². The maximum Gasteiger partial charge on any atom is 0.240 e. The molecule has 3 aliphatic rings. The maximum atomic E-state index is 12.4. The first kappa shape index (κ1) is 14.3. The highest BCUT2D eigenvalue weighted by Gasteiger charge is 2.44. The average Bonchev–Trinajstić information content (AvgIpc) is 2.87. The molecule has 3 aliphatic heterocycles. The van der Waals surface area contributed by atoms with Crippen molar-refractivity contribution in [2.45, 2.75) is 43.1 Å². The molecule has 114 valence electrons. The third kappa shape index (κ3) is 2.58. The van der Waals surface area contributed by atoms with Crippen LogP contribution in [-0.4, -0.2) is 62.3 Å². The predicted molar refractivity (Wildman–Crippen MR) is 71.9 cm³/mol. The summed E-state index contributed by atoms with van der Waals surface area (Å²) in [5.41, 5.74) is 0. The highest BCUT2D eigenvalue weighted by molar-refractivity contribution is 7.92. The van der Waals surface area contributed by atoms with Crippen LogP contribution in [0.4, 0.5) is 0 Å². The van der Waals surface area contributed by atoms with Crippen LogP contribution in [0.5, 0.6) is 0 Å². The number of sulfone groups is 1. The number of nitrogens with zero attached hydrogens (tertiary/aromatic N) is 1. The monoisotopic (exact) mass is 303 g/mol. The molecule has 0 aromatic carbocycles. The Labute approximate surface area is 119 Å².